The van der Waals surface area contributed by atoms with Crippen LogP contribution in [-0.2, 0) is 10.0 Å². The first kappa shape index (κ1) is 13.4. The Labute approximate surface area is 97.7 Å². The summed E-state index contributed by atoms with van der Waals surface area (Å²) in [6.07, 6.45) is 1.19. The van der Waals surface area contributed by atoms with E-state index in [4.69, 9.17) is 5.26 Å². The van der Waals surface area contributed by atoms with Gasteiger partial charge in [-0.15, -0.1) is 0 Å². The van der Waals surface area contributed by atoms with Crippen LogP contribution in [0.15, 0.2) is 0 Å². The monoisotopic (exact) mass is 245 g/mol. The lowest BCUT2D eigenvalue weighted by Gasteiger charge is -2.21. The van der Waals surface area contributed by atoms with Gasteiger partial charge in [0.05, 0.1) is 6.07 Å². The van der Waals surface area contributed by atoms with Crippen LogP contribution in [0.4, 0.5) is 0 Å². The molecule has 0 aliphatic carbocycles. The summed E-state index contributed by atoms with van der Waals surface area (Å²) >= 11 is 0. The second-order valence-corrected chi connectivity index (χ2v) is 6.45. The zero-order valence-corrected chi connectivity index (χ0v) is 10.9. The molecule has 0 N–H and O–H groups in total. The van der Waals surface area contributed by atoms with Crippen LogP contribution in [0.3, 0.4) is 0 Å². The summed E-state index contributed by atoms with van der Waals surface area (Å²) in [4.78, 5) is 2.03. The van der Waals surface area contributed by atoms with Crippen molar-refractivity contribution < 1.29 is 8.42 Å². The minimum absolute atomic E-state index is 0.269. The van der Waals surface area contributed by atoms with Gasteiger partial charge in [0.25, 0.3) is 0 Å². The molecule has 2 unspecified atom stereocenters. The van der Waals surface area contributed by atoms with Gasteiger partial charge in [0.2, 0.25) is 10.0 Å². The standard InChI is InChI=1S/C10H19N3O2S/c1-4-10(7-11)16(14,15)13-6-5-9(8-13)12(2)3/h9-10H,4-6,8H2,1-3H3. The molecule has 6 heteroatoms. The van der Waals surface area contributed by atoms with Crippen molar-refractivity contribution in [1.82, 2.24) is 9.21 Å². The Morgan fingerprint density at radius 2 is 2.19 bits per heavy atom. The topological polar surface area (TPSA) is 64.4 Å². The molecule has 2 atom stereocenters. The number of likely N-dealkylation sites (N-methyl/N-ethyl adjacent to an activating group) is 1. The molecule has 0 amide bonds. The molecular weight excluding hydrogens is 226 g/mol. The Morgan fingerprint density at radius 1 is 1.56 bits per heavy atom. The van der Waals surface area contributed by atoms with Crippen LogP contribution in [-0.4, -0.2) is 56.1 Å². The molecule has 16 heavy (non-hydrogen) atoms. The van der Waals surface area contributed by atoms with Gasteiger partial charge in [-0.3, -0.25) is 0 Å². The molecule has 5 nitrogen and oxygen atoms in total. The molecule has 0 aromatic carbocycles. The van der Waals surface area contributed by atoms with E-state index < -0.39 is 15.3 Å². The lowest BCUT2D eigenvalue weighted by molar-refractivity contribution is 0.302. The Morgan fingerprint density at radius 3 is 2.56 bits per heavy atom. The van der Waals surface area contributed by atoms with Crippen molar-refractivity contribution in [2.75, 3.05) is 27.2 Å². The van der Waals surface area contributed by atoms with Crippen LogP contribution in [0, 0.1) is 11.3 Å². The van der Waals surface area contributed by atoms with Gasteiger partial charge in [-0.1, -0.05) is 6.92 Å². The number of nitriles is 1. The lowest BCUT2D eigenvalue weighted by Crippen LogP contribution is -2.39. The maximum absolute atomic E-state index is 12.0. The SMILES string of the molecule is CCC(C#N)S(=O)(=O)N1CCC(N(C)C)C1. The van der Waals surface area contributed by atoms with Gasteiger partial charge >= 0.3 is 0 Å². The highest BCUT2D eigenvalue weighted by Gasteiger charge is 2.36. The minimum Gasteiger partial charge on any atom is -0.305 e. The molecule has 0 bridgehead atoms. The van der Waals surface area contributed by atoms with Crippen LogP contribution in [0.1, 0.15) is 19.8 Å². The van der Waals surface area contributed by atoms with Crippen LogP contribution >= 0.6 is 0 Å². The van der Waals surface area contributed by atoms with E-state index in [9.17, 15) is 8.42 Å². The summed E-state index contributed by atoms with van der Waals surface area (Å²) in [5, 5.41) is 7.94. The second-order valence-electron chi connectivity index (χ2n) is 4.34. The van der Waals surface area contributed by atoms with Gasteiger partial charge in [-0.2, -0.15) is 9.57 Å². The normalized spacial score (nSPS) is 24.6. The van der Waals surface area contributed by atoms with E-state index in [2.05, 4.69) is 0 Å². The van der Waals surface area contributed by atoms with Crippen molar-refractivity contribution in [1.29, 1.82) is 5.26 Å². The molecule has 0 aromatic rings. The van der Waals surface area contributed by atoms with Crippen molar-refractivity contribution in [3.05, 3.63) is 0 Å². The first-order chi connectivity index (χ1) is 7.43. The third kappa shape index (κ3) is 2.54. The molecular formula is C10H19N3O2S. The summed E-state index contributed by atoms with van der Waals surface area (Å²) in [7, 11) is 0.472. The highest BCUT2D eigenvalue weighted by molar-refractivity contribution is 7.90. The van der Waals surface area contributed by atoms with E-state index in [0.29, 0.717) is 19.5 Å². The van der Waals surface area contributed by atoms with E-state index in [1.165, 1.54) is 4.31 Å². The van der Waals surface area contributed by atoms with Crippen molar-refractivity contribution in [3.8, 4) is 6.07 Å². The van der Waals surface area contributed by atoms with Gasteiger partial charge in [0.1, 0.15) is 0 Å². The fraction of sp³-hybridized carbons (Fsp3) is 0.900. The molecule has 0 aromatic heterocycles. The maximum Gasteiger partial charge on any atom is 0.230 e. The fourth-order valence-corrected chi connectivity index (χ4v) is 3.57. The summed E-state index contributed by atoms with van der Waals surface area (Å²) in [5.41, 5.74) is 0. The molecule has 0 saturated carbocycles. The number of nitrogens with zero attached hydrogens (tertiary/aromatic N) is 3. The average molecular weight is 245 g/mol. The Kier molecular flexibility index (Phi) is 4.30. The fourth-order valence-electron chi connectivity index (χ4n) is 1.91. The van der Waals surface area contributed by atoms with Gasteiger partial charge in [0, 0.05) is 19.1 Å². The molecule has 1 heterocycles. The number of sulfonamides is 1. The van der Waals surface area contributed by atoms with Gasteiger partial charge in [-0.25, -0.2) is 8.42 Å². The van der Waals surface area contributed by atoms with Gasteiger partial charge in [-0.05, 0) is 26.9 Å². The number of rotatable bonds is 4. The van der Waals surface area contributed by atoms with E-state index in [1.54, 1.807) is 6.92 Å². The van der Waals surface area contributed by atoms with Gasteiger partial charge < -0.3 is 4.90 Å². The number of hydrogen-bond donors (Lipinski definition) is 0. The Balaban J connectivity index is 2.77. The quantitative estimate of drug-likeness (QED) is 0.712. The molecule has 1 fully saturated rings. The summed E-state index contributed by atoms with van der Waals surface area (Å²) in [6.45, 7) is 2.77. The molecule has 1 saturated heterocycles. The Hall–Kier alpha value is -0.640. The minimum atomic E-state index is -3.42. The van der Waals surface area contributed by atoms with Crippen LogP contribution in [0.25, 0.3) is 0 Å². The molecule has 1 rings (SSSR count). The van der Waals surface area contributed by atoms with Crippen molar-refractivity contribution in [2.24, 2.45) is 0 Å². The first-order valence-corrected chi connectivity index (χ1v) is 6.98. The van der Waals surface area contributed by atoms with Crippen LogP contribution in [0.2, 0.25) is 0 Å². The average Bonchev–Trinajstić information content (AvgIpc) is 2.68. The smallest absolute Gasteiger partial charge is 0.230 e. The zero-order valence-electron chi connectivity index (χ0n) is 10.0. The predicted molar refractivity (Wildman–Crippen MR) is 62.3 cm³/mol. The third-order valence-corrected chi connectivity index (χ3v) is 5.30. The molecule has 0 spiro atoms. The van der Waals surface area contributed by atoms with E-state index in [1.807, 2.05) is 25.1 Å². The van der Waals surface area contributed by atoms with Crippen molar-refractivity contribution in [3.63, 3.8) is 0 Å². The summed E-state index contributed by atoms with van der Waals surface area (Å²) < 4.78 is 25.5. The third-order valence-electron chi connectivity index (χ3n) is 3.09. The van der Waals surface area contributed by atoms with E-state index in [-0.39, 0.29) is 6.04 Å². The molecule has 1 aliphatic rings. The van der Waals surface area contributed by atoms with Crippen molar-refractivity contribution >= 4 is 10.0 Å². The lowest BCUT2D eigenvalue weighted by atomic mass is 10.2. The largest absolute Gasteiger partial charge is 0.305 e. The maximum atomic E-state index is 12.0. The summed E-state index contributed by atoms with van der Waals surface area (Å²) in [6, 6.07) is 2.14. The first-order valence-electron chi connectivity index (χ1n) is 5.48. The van der Waals surface area contributed by atoms with Crippen molar-refractivity contribution in [2.45, 2.75) is 31.1 Å². The van der Waals surface area contributed by atoms with E-state index in [0.717, 1.165) is 6.42 Å². The highest BCUT2D eigenvalue weighted by Crippen LogP contribution is 2.20. The molecule has 92 valence electrons. The van der Waals surface area contributed by atoms with Crippen LogP contribution in [0.5, 0.6) is 0 Å². The predicted octanol–water partition coefficient (Wildman–Crippen LogP) is 0.254. The second kappa shape index (κ2) is 5.13. The Bertz CT molecular complexity index is 372. The summed E-state index contributed by atoms with van der Waals surface area (Å²) in [5.74, 6) is 0. The molecule has 0 radical (unpaired) electrons. The van der Waals surface area contributed by atoms with Crippen LogP contribution < -0.4 is 0 Å². The highest BCUT2D eigenvalue weighted by atomic mass is 32.2. The zero-order chi connectivity index (χ0) is 12.3. The van der Waals surface area contributed by atoms with Gasteiger partial charge in [0.15, 0.2) is 5.25 Å². The molecule has 1 aliphatic heterocycles. The van der Waals surface area contributed by atoms with E-state index >= 15 is 0 Å². The number of hydrogen-bond acceptors (Lipinski definition) is 4.